The minimum Gasteiger partial charge on any atom is -0.322 e. The molecule has 0 radical (unpaired) electrons. The highest BCUT2D eigenvalue weighted by atomic mass is 19.2. The summed E-state index contributed by atoms with van der Waals surface area (Å²) in [6.07, 6.45) is 0.396. The van der Waals surface area contributed by atoms with Crippen molar-refractivity contribution in [1.82, 2.24) is 0 Å². The van der Waals surface area contributed by atoms with Gasteiger partial charge in [0, 0.05) is 23.4 Å². The van der Waals surface area contributed by atoms with E-state index in [9.17, 15) is 22.4 Å². The number of hydrogen-bond donors (Lipinski definition) is 1. The van der Waals surface area contributed by atoms with Gasteiger partial charge in [-0.2, -0.15) is 0 Å². The molecular weight excluding hydrogens is 286 g/mol. The zero-order valence-electron chi connectivity index (χ0n) is 11.0. The summed E-state index contributed by atoms with van der Waals surface area (Å²) in [5.41, 5.74) is 0.260. The number of amides is 1. The maximum Gasteiger partial charge on any atom is 0.255 e. The van der Waals surface area contributed by atoms with Crippen molar-refractivity contribution < 1.29 is 22.4 Å². The molecule has 21 heavy (non-hydrogen) atoms. The molecule has 0 saturated heterocycles. The monoisotopic (exact) mass is 297 g/mol. The summed E-state index contributed by atoms with van der Waals surface area (Å²) in [5, 5.41) is 2.23. The SMILES string of the molecule is CCc1cc(C(=O)Nc2cc(F)c(F)c(F)c2)ccc1F. The molecule has 1 amide bonds. The summed E-state index contributed by atoms with van der Waals surface area (Å²) in [5.74, 6) is -5.52. The number of hydrogen-bond acceptors (Lipinski definition) is 1. The van der Waals surface area contributed by atoms with Crippen LogP contribution in [-0.2, 0) is 6.42 Å². The predicted octanol–water partition coefficient (Wildman–Crippen LogP) is 4.06. The lowest BCUT2D eigenvalue weighted by atomic mass is 10.1. The fraction of sp³-hybridized carbons (Fsp3) is 0.133. The molecule has 2 rings (SSSR count). The standard InChI is InChI=1S/C15H11F4NO/c1-2-8-5-9(3-4-11(8)16)15(21)20-10-6-12(17)14(19)13(18)7-10/h3-7H,2H2,1H3,(H,20,21). The fourth-order valence-electron chi connectivity index (χ4n) is 1.82. The van der Waals surface area contributed by atoms with Crippen LogP contribution < -0.4 is 5.32 Å². The van der Waals surface area contributed by atoms with Crippen molar-refractivity contribution in [1.29, 1.82) is 0 Å². The van der Waals surface area contributed by atoms with Gasteiger partial charge in [-0.15, -0.1) is 0 Å². The average Bonchev–Trinajstić information content (AvgIpc) is 2.45. The highest BCUT2D eigenvalue weighted by Gasteiger charge is 2.14. The third-order valence-corrected chi connectivity index (χ3v) is 2.93. The molecule has 6 heteroatoms. The number of rotatable bonds is 3. The molecule has 0 aromatic heterocycles. The second-order valence-electron chi connectivity index (χ2n) is 4.37. The maximum atomic E-state index is 13.3. The molecule has 0 aliphatic rings. The van der Waals surface area contributed by atoms with Crippen LogP contribution in [0.25, 0.3) is 0 Å². The summed E-state index contributed by atoms with van der Waals surface area (Å²) in [6, 6.07) is 5.07. The van der Waals surface area contributed by atoms with E-state index in [1.54, 1.807) is 6.92 Å². The molecule has 2 nitrogen and oxygen atoms in total. The smallest absolute Gasteiger partial charge is 0.255 e. The molecule has 110 valence electrons. The molecular formula is C15H11F4NO. The van der Waals surface area contributed by atoms with Gasteiger partial charge in [0.1, 0.15) is 5.82 Å². The van der Waals surface area contributed by atoms with E-state index in [0.29, 0.717) is 24.1 Å². The molecule has 0 saturated carbocycles. The van der Waals surface area contributed by atoms with Crippen LogP contribution in [0.5, 0.6) is 0 Å². The van der Waals surface area contributed by atoms with Gasteiger partial charge in [0.15, 0.2) is 17.5 Å². The van der Waals surface area contributed by atoms with Gasteiger partial charge in [-0.05, 0) is 30.2 Å². The van der Waals surface area contributed by atoms with Crippen molar-refractivity contribution in [3.05, 3.63) is 64.7 Å². The summed E-state index contributed by atoms with van der Waals surface area (Å²) >= 11 is 0. The van der Waals surface area contributed by atoms with Crippen LogP contribution in [0.3, 0.4) is 0 Å². The van der Waals surface area contributed by atoms with Gasteiger partial charge >= 0.3 is 0 Å². The number of nitrogens with one attached hydrogen (secondary N) is 1. The third kappa shape index (κ3) is 3.21. The fourth-order valence-corrected chi connectivity index (χ4v) is 1.82. The molecule has 0 aliphatic carbocycles. The highest BCUT2D eigenvalue weighted by Crippen LogP contribution is 2.19. The van der Waals surface area contributed by atoms with Crippen molar-refractivity contribution in [3.8, 4) is 0 Å². The van der Waals surface area contributed by atoms with Gasteiger partial charge in [-0.25, -0.2) is 17.6 Å². The summed E-state index contributed by atoms with van der Waals surface area (Å²) in [4.78, 5) is 11.9. The van der Waals surface area contributed by atoms with E-state index in [2.05, 4.69) is 5.32 Å². The van der Waals surface area contributed by atoms with E-state index in [0.717, 1.165) is 6.07 Å². The highest BCUT2D eigenvalue weighted by molar-refractivity contribution is 6.04. The Kier molecular flexibility index (Phi) is 4.26. The van der Waals surface area contributed by atoms with Crippen LogP contribution in [0.15, 0.2) is 30.3 Å². The number of benzene rings is 2. The normalized spacial score (nSPS) is 10.5. The third-order valence-electron chi connectivity index (χ3n) is 2.93. The Morgan fingerprint density at radius 2 is 1.62 bits per heavy atom. The maximum absolute atomic E-state index is 13.3. The van der Waals surface area contributed by atoms with Crippen LogP contribution in [-0.4, -0.2) is 5.91 Å². The molecule has 0 heterocycles. The number of aryl methyl sites for hydroxylation is 1. The first-order chi connectivity index (χ1) is 9.92. The lowest BCUT2D eigenvalue weighted by molar-refractivity contribution is 0.102. The molecule has 0 fully saturated rings. The van der Waals surface area contributed by atoms with Crippen LogP contribution in [0, 0.1) is 23.3 Å². The van der Waals surface area contributed by atoms with Gasteiger partial charge in [0.25, 0.3) is 5.91 Å². The molecule has 0 bridgehead atoms. The topological polar surface area (TPSA) is 29.1 Å². The van der Waals surface area contributed by atoms with Crippen LogP contribution in [0.2, 0.25) is 0 Å². The lowest BCUT2D eigenvalue weighted by Gasteiger charge is -2.08. The van der Waals surface area contributed by atoms with E-state index >= 15 is 0 Å². The number of anilines is 1. The van der Waals surface area contributed by atoms with Crippen molar-refractivity contribution in [2.45, 2.75) is 13.3 Å². The Balaban J connectivity index is 2.26. The Labute approximate surface area is 118 Å². The number of halogens is 4. The molecule has 0 spiro atoms. The van der Waals surface area contributed by atoms with Gasteiger partial charge in [-0.3, -0.25) is 4.79 Å². The van der Waals surface area contributed by atoms with Crippen LogP contribution in [0.1, 0.15) is 22.8 Å². The van der Waals surface area contributed by atoms with Crippen molar-refractivity contribution >= 4 is 11.6 Å². The molecule has 2 aromatic rings. The van der Waals surface area contributed by atoms with Crippen molar-refractivity contribution in [3.63, 3.8) is 0 Å². The second kappa shape index (κ2) is 5.95. The van der Waals surface area contributed by atoms with Gasteiger partial charge in [0.05, 0.1) is 0 Å². The number of carbonyl (C=O) groups excluding carboxylic acids is 1. The molecule has 0 aliphatic heterocycles. The summed E-state index contributed by atoms with van der Waals surface area (Å²) in [6.45, 7) is 1.73. The predicted molar refractivity (Wildman–Crippen MR) is 70.0 cm³/mol. The van der Waals surface area contributed by atoms with E-state index in [-0.39, 0.29) is 11.3 Å². The molecule has 0 atom stereocenters. The van der Waals surface area contributed by atoms with Crippen molar-refractivity contribution in [2.75, 3.05) is 5.32 Å². The van der Waals surface area contributed by atoms with Crippen molar-refractivity contribution in [2.24, 2.45) is 0 Å². The Hall–Kier alpha value is -2.37. The first-order valence-electron chi connectivity index (χ1n) is 6.16. The first kappa shape index (κ1) is 15.0. The zero-order valence-corrected chi connectivity index (χ0v) is 11.0. The van der Waals surface area contributed by atoms with E-state index in [1.165, 1.54) is 12.1 Å². The molecule has 2 aromatic carbocycles. The molecule has 1 N–H and O–H groups in total. The molecule has 0 unspecified atom stereocenters. The number of carbonyl (C=O) groups is 1. The zero-order chi connectivity index (χ0) is 15.6. The minimum absolute atomic E-state index is 0.137. The van der Waals surface area contributed by atoms with Gasteiger partial charge < -0.3 is 5.32 Å². The quantitative estimate of drug-likeness (QED) is 0.672. The van der Waals surface area contributed by atoms with Crippen LogP contribution in [0.4, 0.5) is 23.2 Å². The summed E-state index contributed by atoms with van der Waals surface area (Å²) in [7, 11) is 0. The van der Waals surface area contributed by atoms with E-state index in [4.69, 9.17) is 0 Å². The van der Waals surface area contributed by atoms with Crippen LogP contribution >= 0.6 is 0 Å². The summed E-state index contributed by atoms with van der Waals surface area (Å²) < 4.78 is 52.2. The largest absolute Gasteiger partial charge is 0.322 e. The van der Waals surface area contributed by atoms with Gasteiger partial charge in [0.2, 0.25) is 0 Å². The minimum atomic E-state index is -1.61. The Morgan fingerprint density at radius 1 is 1.00 bits per heavy atom. The lowest BCUT2D eigenvalue weighted by Crippen LogP contribution is -2.13. The Morgan fingerprint density at radius 3 is 2.19 bits per heavy atom. The first-order valence-corrected chi connectivity index (χ1v) is 6.16. The van der Waals surface area contributed by atoms with E-state index in [1.807, 2.05) is 0 Å². The average molecular weight is 297 g/mol. The van der Waals surface area contributed by atoms with E-state index < -0.39 is 29.2 Å². The Bertz CT molecular complexity index is 677. The van der Waals surface area contributed by atoms with Gasteiger partial charge in [-0.1, -0.05) is 6.92 Å². The second-order valence-corrected chi connectivity index (χ2v) is 4.37.